The Hall–Kier alpha value is -2.33. The first-order valence-corrected chi connectivity index (χ1v) is 9.42. The van der Waals surface area contributed by atoms with Crippen LogP contribution >= 0.6 is 0 Å². The number of carbonyl (C=O) groups is 1. The van der Waals surface area contributed by atoms with Crippen molar-refractivity contribution < 1.29 is 9.53 Å². The minimum Gasteiger partial charge on any atom is -0.496 e. The van der Waals surface area contributed by atoms with Crippen LogP contribution in [0.1, 0.15) is 17.5 Å². The Labute approximate surface area is 156 Å². The van der Waals surface area contributed by atoms with E-state index in [1.54, 1.807) is 7.11 Å². The Morgan fingerprint density at radius 3 is 2.35 bits per heavy atom. The number of carbonyl (C=O) groups excluding carboxylic acids is 1. The number of para-hydroxylation sites is 1. The van der Waals surface area contributed by atoms with E-state index in [1.165, 1.54) is 5.56 Å². The lowest BCUT2D eigenvalue weighted by atomic mass is 10.1. The van der Waals surface area contributed by atoms with E-state index in [1.807, 2.05) is 29.2 Å². The van der Waals surface area contributed by atoms with E-state index in [0.717, 1.165) is 56.9 Å². The molecule has 138 valence electrons. The average Bonchev–Trinajstić information content (AvgIpc) is 2.72. The molecule has 0 unspecified atom stereocenters. The van der Waals surface area contributed by atoms with Gasteiger partial charge in [0.15, 0.2) is 0 Å². The number of hydrogen-bond acceptors (Lipinski definition) is 3. The van der Waals surface area contributed by atoms with Gasteiger partial charge in [-0.2, -0.15) is 0 Å². The molecule has 0 N–H and O–H groups in total. The monoisotopic (exact) mass is 352 g/mol. The van der Waals surface area contributed by atoms with Gasteiger partial charge in [-0.3, -0.25) is 9.69 Å². The molecule has 0 atom stereocenters. The van der Waals surface area contributed by atoms with Crippen molar-refractivity contribution in [2.75, 3.05) is 39.8 Å². The molecule has 4 nitrogen and oxygen atoms in total. The number of nitrogens with zero attached hydrogens (tertiary/aromatic N) is 2. The number of benzene rings is 2. The molecular formula is C22H28N2O2. The molecule has 0 spiro atoms. The number of piperazine rings is 1. The van der Waals surface area contributed by atoms with Gasteiger partial charge in [-0.1, -0.05) is 48.5 Å². The fourth-order valence-corrected chi connectivity index (χ4v) is 3.46. The van der Waals surface area contributed by atoms with Crippen molar-refractivity contribution in [1.82, 2.24) is 9.80 Å². The highest BCUT2D eigenvalue weighted by atomic mass is 16.5. The van der Waals surface area contributed by atoms with Gasteiger partial charge in [-0.05, 0) is 30.0 Å². The van der Waals surface area contributed by atoms with E-state index in [4.69, 9.17) is 4.74 Å². The van der Waals surface area contributed by atoms with Crippen LogP contribution in [0.25, 0.3) is 0 Å². The van der Waals surface area contributed by atoms with E-state index in [2.05, 4.69) is 35.2 Å². The third kappa shape index (κ3) is 5.09. The van der Waals surface area contributed by atoms with E-state index in [0.29, 0.717) is 6.42 Å². The van der Waals surface area contributed by atoms with E-state index >= 15 is 0 Å². The normalized spacial score (nSPS) is 15.0. The highest BCUT2D eigenvalue weighted by molar-refractivity contribution is 5.76. The van der Waals surface area contributed by atoms with Gasteiger partial charge in [0.05, 0.1) is 7.11 Å². The molecule has 0 bridgehead atoms. The Balaban J connectivity index is 1.40. The molecule has 1 heterocycles. The van der Waals surface area contributed by atoms with Gasteiger partial charge < -0.3 is 9.64 Å². The summed E-state index contributed by atoms with van der Waals surface area (Å²) in [5, 5.41) is 0. The summed E-state index contributed by atoms with van der Waals surface area (Å²) in [6.45, 7) is 4.66. The first kappa shape index (κ1) is 18.5. The van der Waals surface area contributed by atoms with Gasteiger partial charge >= 0.3 is 0 Å². The summed E-state index contributed by atoms with van der Waals surface area (Å²) in [7, 11) is 1.68. The van der Waals surface area contributed by atoms with Gasteiger partial charge in [0.2, 0.25) is 5.91 Å². The average molecular weight is 352 g/mol. The van der Waals surface area contributed by atoms with Crippen LogP contribution in [-0.4, -0.2) is 55.5 Å². The summed E-state index contributed by atoms with van der Waals surface area (Å²) in [6.07, 6.45) is 2.35. The Morgan fingerprint density at radius 2 is 1.62 bits per heavy atom. The Bertz CT molecular complexity index is 694. The minimum absolute atomic E-state index is 0.249. The van der Waals surface area contributed by atoms with Crippen LogP contribution in [0.5, 0.6) is 5.75 Å². The van der Waals surface area contributed by atoms with Gasteiger partial charge in [-0.15, -0.1) is 0 Å². The van der Waals surface area contributed by atoms with Gasteiger partial charge in [0.1, 0.15) is 5.75 Å². The van der Waals surface area contributed by atoms with Crippen LogP contribution in [0.3, 0.4) is 0 Å². The number of ether oxygens (including phenoxy) is 1. The summed E-state index contributed by atoms with van der Waals surface area (Å²) < 4.78 is 5.37. The van der Waals surface area contributed by atoms with Crippen molar-refractivity contribution in [1.29, 1.82) is 0 Å². The van der Waals surface area contributed by atoms with E-state index in [-0.39, 0.29) is 5.91 Å². The van der Waals surface area contributed by atoms with Crippen LogP contribution in [0, 0.1) is 0 Å². The SMILES string of the molecule is COc1ccccc1CCC(=O)N1CCN(CCc2ccccc2)CC1. The van der Waals surface area contributed by atoms with Crippen molar-refractivity contribution >= 4 is 5.91 Å². The number of hydrogen-bond donors (Lipinski definition) is 0. The molecule has 3 rings (SSSR count). The standard InChI is InChI=1S/C22H28N2O2/c1-26-21-10-6-5-9-20(21)11-12-22(25)24-17-15-23(16-18-24)14-13-19-7-3-2-4-8-19/h2-10H,11-18H2,1H3. The maximum Gasteiger partial charge on any atom is 0.222 e. The van der Waals surface area contributed by atoms with Crippen molar-refractivity contribution in [3.8, 4) is 5.75 Å². The smallest absolute Gasteiger partial charge is 0.222 e. The Morgan fingerprint density at radius 1 is 0.923 bits per heavy atom. The second-order valence-corrected chi connectivity index (χ2v) is 6.77. The third-order valence-corrected chi connectivity index (χ3v) is 5.09. The van der Waals surface area contributed by atoms with Gasteiger partial charge in [-0.25, -0.2) is 0 Å². The fraction of sp³-hybridized carbons (Fsp3) is 0.409. The van der Waals surface area contributed by atoms with Gasteiger partial charge in [0.25, 0.3) is 0 Å². The highest BCUT2D eigenvalue weighted by Gasteiger charge is 2.20. The number of methoxy groups -OCH3 is 1. The number of rotatable bonds is 7. The zero-order chi connectivity index (χ0) is 18.2. The summed E-state index contributed by atoms with van der Waals surface area (Å²) >= 11 is 0. The molecule has 4 heteroatoms. The molecule has 0 aliphatic carbocycles. The van der Waals surface area contributed by atoms with Crippen LogP contribution < -0.4 is 4.74 Å². The van der Waals surface area contributed by atoms with Crippen molar-refractivity contribution in [3.63, 3.8) is 0 Å². The lowest BCUT2D eigenvalue weighted by molar-refractivity contribution is -0.132. The largest absolute Gasteiger partial charge is 0.496 e. The zero-order valence-corrected chi connectivity index (χ0v) is 15.6. The molecule has 0 saturated carbocycles. The zero-order valence-electron chi connectivity index (χ0n) is 15.6. The number of aryl methyl sites for hydroxylation is 1. The Kier molecular flexibility index (Phi) is 6.67. The molecule has 1 saturated heterocycles. The van der Waals surface area contributed by atoms with Crippen LogP contribution in [0.15, 0.2) is 54.6 Å². The number of amides is 1. The molecule has 26 heavy (non-hydrogen) atoms. The highest BCUT2D eigenvalue weighted by Crippen LogP contribution is 2.19. The summed E-state index contributed by atoms with van der Waals surface area (Å²) in [5.74, 6) is 1.12. The van der Waals surface area contributed by atoms with Crippen LogP contribution in [-0.2, 0) is 17.6 Å². The topological polar surface area (TPSA) is 32.8 Å². The second-order valence-electron chi connectivity index (χ2n) is 6.77. The third-order valence-electron chi connectivity index (χ3n) is 5.09. The van der Waals surface area contributed by atoms with Crippen molar-refractivity contribution in [2.45, 2.75) is 19.3 Å². The molecule has 2 aromatic rings. The molecule has 1 amide bonds. The summed E-state index contributed by atoms with van der Waals surface area (Å²) in [6, 6.07) is 18.5. The minimum atomic E-state index is 0.249. The van der Waals surface area contributed by atoms with Crippen molar-refractivity contribution in [3.05, 3.63) is 65.7 Å². The van der Waals surface area contributed by atoms with Gasteiger partial charge in [0, 0.05) is 39.1 Å². The molecule has 0 aromatic heterocycles. The lowest BCUT2D eigenvalue weighted by Gasteiger charge is -2.34. The fourth-order valence-electron chi connectivity index (χ4n) is 3.46. The molecule has 2 aromatic carbocycles. The predicted molar refractivity (Wildman–Crippen MR) is 104 cm³/mol. The van der Waals surface area contributed by atoms with Crippen LogP contribution in [0.2, 0.25) is 0 Å². The molecule has 1 aliphatic heterocycles. The quantitative estimate of drug-likeness (QED) is 0.768. The van der Waals surface area contributed by atoms with E-state index in [9.17, 15) is 4.79 Å². The molecule has 1 aliphatic rings. The van der Waals surface area contributed by atoms with E-state index < -0.39 is 0 Å². The second kappa shape index (κ2) is 9.39. The first-order valence-electron chi connectivity index (χ1n) is 9.42. The summed E-state index contributed by atoms with van der Waals surface area (Å²) in [5.41, 5.74) is 2.48. The lowest BCUT2D eigenvalue weighted by Crippen LogP contribution is -2.49. The van der Waals surface area contributed by atoms with Crippen LogP contribution in [0.4, 0.5) is 0 Å². The molecule has 1 fully saturated rings. The predicted octanol–water partition coefficient (Wildman–Crippen LogP) is 3.01. The summed E-state index contributed by atoms with van der Waals surface area (Å²) in [4.78, 5) is 17.0. The van der Waals surface area contributed by atoms with Crippen molar-refractivity contribution in [2.24, 2.45) is 0 Å². The maximum atomic E-state index is 12.5. The maximum absolute atomic E-state index is 12.5. The first-order chi connectivity index (χ1) is 12.8. The molecular weight excluding hydrogens is 324 g/mol. The molecule has 0 radical (unpaired) electrons.